The molecule has 28 heavy (non-hydrogen) atoms. The van der Waals surface area contributed by atoms with Gasteiger partial charge in [-0.3, -0.25) is 4.79 Å². The van der Waals surface area contributed by atoms with Crippen molar-refractivity contribution < 1.29 is 13.6 Å². The van der Waals surface area contributed by atoms with Crippen LogP contribution in [0.2, 0.25) is 0 Å². The van der Waals surface area contributed by atoms with Gasteiger partial charge in [0.2, 0.25) is 0 Å². The van der Waals surface area contributed by atoms with Crippen LogP contribution < -0.4 is 0 Å². The van der Waals surface area contributed by atoms with Gasteiger partial charge in [-0.2, -0.15) is 0 Å². The largest absolute Gasteiger partial charge is 0.327 e. The fraction of sp³-hybridized carbons (Fsp3) is 0.368. The minimum absolute atomic E-state index is 0.118. The third-order valence-electron chi connectivity index (χ3n) is 5.32. The second kappa shape index (κ2) is 6.44. The first-order valence-corrected chi connectivity index (χ1v) is 10.1. The van der Waals surface area contributed by atoms with E-state index in [1.54, 1.807) is 16.2 Å². The van der Waals surface area contributed by atoms with Crippen LogP contribution in [0.1, 0.15) is 53.6 Å². The molecule has 1 aromatic carbocycles. The number of hydrogen-bond donors (Lipinski definition) is 0. The quantitative estimate of drug-likeness (QED) is 0.670. The minimum atomic E-state index is -1.03. The molecule has 0 bridgehead atoms. The fourth-order valence-electron chi connectivity index (χ4n) is 3.57. The summed E-state index contributed by atoms with van der Waals surface area (Å²) in [5.74, 6) is -0.388. The Kier molecular flexibility index (Phi) is 4.01. The molecule has 1 aliphatic carbocycles. The molecule has 2 aromatic heterocycles. The first-order valence-electron chi connectivity index (χ1n) is 9.18. The number of thiazole rings is 1. The molecule has 0 unspecified atom stereocenters. The highest BCUT2D eigenvalue weighted by Crippen LogP contribution is 2.41. The first-order chi connectivity index (χ1) is 13.5. The van der Waals surface area contributed by atoms with Crippen LogP contribution in [0.5, 0.6) is 0 Å². The van der Waals surface area contributed by atoms with E-state index < -0.39 is 11.6 Å². The van der Waals surface area contributed by atoms with E-state index in [-0.39, 0.29) is 17.5 Å². The summed E-state index contributed by atoms with van der Waals surface area (Å²) in [6, 6.07) is 2.87. The van der Waals surface area contributed by atoms with Crippen molar-refractivity contribution in [1.82, 2.24) is 24.6 Å². The number of fused-ring (bicyclic) bond motifs is 1. The number of amides is 1. The normalized spacial score (nSPS) is 19.0. The number of carbonyl (C=O) groups excluding carboxylic acids is 1. The lowest BCUT2D eigenvalue weighted by Gasteiger charge is -2.33. The summed E-state index contributed by atoms with van der Waals surface area (Å²) >= 11 is 1.56. The summed E-state index contributed by atoms with van der Waals surface area (Å²) in [6.07, 6.45) is 2.39. The number of hydrogen-bond acceptors (Lipinski definition) is 5. The Balaban J connectivity index is 1.42. The zero-order valence-corrected chi connectivity index (χ0v) is 15.9. The van der Waals surface area contributed by atoms with E-state index in [0.29, 0.717) is 24.8 Å². The standard InChI is InChI=1S/C19H17F2N5OS/c1-10-16-23-24-17(18-22-15(9-28-18)11-2-3-11)26(16)7-6-25(10)19(27)12-4-5-13(20)14(21)8-12/h4-5,8-11H,2-3,6-7H2,1H3/t10-/m1/s1. The number of nitrogens with zero attached hydrogens (tertiary/aromatic N) is 5. The van der Waals surface area contributed by atoms with E-state index in [1.807, 2.05) is 11.5 Å². The number of benzene rings is 1. The van der Waals surface area contributed by atoms with Crippen LogP contribution in [-0.2, 0) is 6.54 Å². The van der Waals surface area contributed by atoms with Crippen molar-refractivity contribution in [2.24, 2.45) is 0 Å². The lowest BCUT2D eigenvalue weighted by molar-refractivity contribution is 0.0638. The maximum atomic E-state index is 13.5. The topological polar surface area (TPSA) is 63.9 Å². The monoisotopic (exact) mass is 401 g/mol. The molecule has 144 valence electrons. The smallest absolute Gasteiger partial charge is 0.254 e. The van der Waals surface area contributed by atoms with Crippen molar-refractivity contribution in [3.63, 3.8) is 0 Å². The van der Waals surface area contributed by atoms with Crippen molar-refractivity contribution in [1.29, 1.82) is 0 Å². The SMILES string of the molecule is C[C@@H]1c2nnc(-c3nc(C4CC4)cs3)n2CCN1C(=O)c1ccc(F)c(F)c1. The van der Waals surface area contributed by atoms with Crippen LogP contribution >= 0.6 is 11.3 Å². The Morgan fingerprint density at radius 2 is 2.00 bits per heavy atom. The lowest BCUT2D eigenvalue weighted by Crippen LogP contribution is -2.41. The Hall–Kier alpha value is -2.68. The number of halogens is 2. The second-order valence-electron chi connectivity index (χ2n) is 7.19. The molecule has 0 N–H and O–H groups in total. The highest BCUT2D eigenvalue weighted by atomic mass is 32.1. The zero-order valence-electron chi connectivity index (χ0n) is 15.1. The van der Waals surface area contributed by atoms with E-state index in [1.165, 1.54) is 18.9 Å². The summed E-state index contributed by atoms with van der Waals surface area (Å²) in [5.41, 5.74) is 1.24. The molecular weight excluding hydrogens is 384 g/mol. The van der Waals surface area contributed by atoms with Gasteiger partial charge in [-0.25, -0.2) is 13.8 Å². The zero-order chi connectivity index (χ0) is 19.4. The molecule has 1 atom stereocenters. The van der Waals surface area contributed by atoms with Crippen molar-refractivity contribution in [2.75, 3.05) is 6.54 Å². The summed E-state index contributed by atoms with van der Waals surface area (Å²) < 4.78 is 28.7. The Morgan fingerprint density at radius 3 is 2.75 bits per heavy atom. The molecule has 9 heteroatoms. The van der Waals surface area contributed by atoms with Gasteiger partial charge >= 0.3 is 0 Å². The summed E-state index contributed by atoms with van der Waals surface area (Å²) in [7, 11) is 0. The van der Waals surface area contributed by atoms with Crippen molar-refractivity contribution in [3.05, 3.63) is 52.3 Å². The van der Waals surface area contributed by atoms with Crippen LogP contribution in [0, 0.1) is 11.6 Å². The van der Waals surface area contributed by atoms with Gasteiger partial charge in [-0.05, 0) is 38.0 Å². The third-order valence-corrected chi connectivity index (χ3v) is 6.18. The maximum absolute atomic E-state index is 13.5. The van der Waals surface area contributed by atoms with Crippen LogP contribution in [0.4, 0.5) is 8.78 Å². The summed E-state index contributed by atoms with van der Waals surface area (Å²) in [5, 5.41) is 11.5. The van der Waals surface area contributed by atoms with Gasteiger partial charge < -0.3 is 9.47 Å². The molecule has 1 aliphatic heterocycles. The van der Waals surface area contributed by atoms with Crippen LogP contribution in [0.15, 0.2) is 23.6 Å². The summed E-state index contributed by atoms with van der Waals surface area (Å²) in [6.45, 7) is 2.81. The van der Waals surface area contributed by atoms with E-state index in [4.69, 9.17) is 4.98 Å². The molecular formula is C19H17F2N5OS. The molecule has 1 saturated carbocycles. The van der Waals surface area contributed by atoms with Gasteiger partial charge in [0.05, 0.1) is 11.7 Å². The van der Waals surface area contributed by atoms with Crippen LogP contribution in [-0.4, -0.2) is 37.1 Å². The van der Waals surface area contributed by atoms with Gasteiger partial charge in [-0.1, -0.05) is 0 Å². The van der Waals surface area contributed by atoms with Gasteiger partial charge in [0, 0.05) is 30.0 Å². The molecule has 5 rings (SSSR count). The van der Waals surface area contributed by atoms with Gasteiger partial charge in [0.1, 0.15) is 0 Å². The average Bonchev–Trinajstić information content (AvgIpc) is 3.25. The van der Waals surface area contributed by atoms with Crippen LogP contribution in [0.3, 0.4) is 0 Å². The highest BCUT2D eigenvalue weighted by molar-refractivity contribution is 7.13. The molecule has 6 nitrogen and oxygen atoms in total. The third kappa shape index (κ3) is 2.81. The van der Waals surface area contributed by atoms with Crippen LogP contribution in [0.25, 0.3) is 10.8 Å². The lowest BCUT2D eigenvalue weighted by atomic mass is 10.1. The van der Waals surface area contributed by atoms with Crippen molar-refractivity contribution in [3.8, 4) is 10.8 Å². The summed E-state index contributed by atoms with van der Waals surface area (Å²) in [4.78, 5) is 19.1. The molecule has 0 spiro atoms. The average molecular weight is 401 g/mol. The van der Waals surface area contributed by atoms with E-state index in [0.717, 1.165) is 28.7 Å². The molecule has 1 fully saturated rings. The van der Waals surface area contributed by atoms with E-state index >= 15 is 0 Å². The molecule has 0 saturated heterocycles. The number of aromatic nitrogens is 4. The van der Waals surface area contributed by atoms with E-state index in [9.17, 15) is 13.6 Å². The fourth-order valence-corrected chi connectivity index (χ4v) is 4.46. The van der Waals surface area contributed by atoms with Gasteiger partial charge in [-0.15, -0.1) is 21.5 Å². The number of rotatable bonds is 3. The van der Waals surface area contributed by atoms with E-state index in [2.05, 4.69) is 15.6 Å². The molecule has 2 aliphatic rings. The molecule has 3 heterocycles. The Bertz CT molecular complexity index is 1070. The predicted molar refractivity (Wildman–Crippen MR) is 98.9 cm³/mol. The van der Waals surface area contributed by atoms with Gasteiger partial charge in [0.15, 0.2) is 28.3 Å². The molecule has 0 radical (unpaired) electrons. The first kappa shape index (κ1) is 17.4. The van der Waals surface area contributed by atoms with Crippen molar-refractivity contribution >= 4 is 17.2 Å². The Labute approximate surface area is 163 Å². The minimum Gasteiger partial charge on any atom is -0.327 e. The predicted octanol–water partition coefficient (Wildman–Crippen LogP) is 3.77. The van der Waals surface area contributed by atoms with Gasteiger partial charge in [0.25, 0.3) is 5.91 Å². The van der Waals surface area contributed by atoms with Crippen molar-refractivity contribution in [2.45, 2.75) is 38.3 Å². The highest BCUT2D eigenvalue weighted by Gasteiger charge is 2.33. The maximum Gasteiger partial charge on any atom is 0.254 e. The molecule has 3 aromatic rings. The second-order valence-corrected chi connectivity index (χ2v) is 8.05. The molecule has 1 amide bonds. The number of carbonyl (C=O) groups is 1. The Morgan fingerprint density at radius 1 is 1.18 bits per heavy atom.